The lowest BCUT2D eigenvalue weighted by molar-refractivity contribution is 0.0907. The highest BCUT2D eigenvalue weighted by molar-refractivity contribution is 7.90. The second-order valence-electron chi connectivity index (χ2n) is 6.08. The van der Waals surface area contributed by atoms with Gasteiger partial charge in [-0.05, 0) is 36.0 Å². The van der Waals surface area contributed by atoms with Crippen molar-refractivity contribution in [1.29, 1.82) is 0 Å². The van der Waals surface area contributed by atoms with E-state index in [1.54, 1.807) is 0 Å². The lowest BCUT2D eigenvalue weighted by Gasteiger charge is -2.30. The minimum atomic E-state index is -3.59. The van der Waals surface area contributed by atoms with Crippen LogP contribution < -0.4 is 0 Å². The van der Waals surface area contributed by atoms with E-state index < -0.39 is 28.3 Å². The molecule has 1 saturated carbocycles. The molecule has 1 aromatic rings. The van der Waals surface area contributed by atoms with Gasteiger partial charge < -0.3 is 5.11 Å². The van der Waals surface area contributed by atoms with Gasteiger partial charge in [0.05, 0.1) is 4.90 Å². The van der Waals surface area contributed by atoms with Crippen molar-refractivity contribution in [3.8, 4) is 0 Å². The summed E-state index contributed by atoms with van der Waals surface area (Å²) in [5.41, 5.74) is 0.753. The first-order chi connectivity index (χ1) is 9.80. The van der Waals surface area contributed by atoms with Crippen molar-refractivity contribution in [3.05, 3.63) is 28.8 Å². The average molecular weight is 316 g/mol. The molecule has 0 bridgehead atoms. The number of alkyl halides is 2. The fourth-order valence-corrected chi connectivity index (χ4v) is 4.23. The third-order valence-electron chi connectivity index (χ3n) is 4.65. The third-order valence-corrected chi connectivity index (χ3v) is 5.81. The van der Waals surface area contributed by atoms with E-state index in [9.17, 15) is 22.3 Å². The molecule has 3 nitrogen and oxygen atoms in total. The van der Waals surface area contributed by atoms with Crippen molar-refractivity contribution >= 4 is 9.84 Å². The van der Waals surface area contributed by atoms with E-state index in [2.05, 4.69) is 0 Å². The maximum Gasteiger partial charge on any atom is 0.175 e. The van der Waals surface area contributed by atoms with Gasteiger partial charge in [0.2, 0.25) is 0 Å². The van der Waals surface area contributed by atoms with Crippen molar-refractivity contribution in [2.45, 2.75) is 49.0 Å². The monoisotopic (exact) mass is 316 g/mol. The Balaban J connectivity index is 2.13. The zero-order valence-corrected chi connectivity index (χ0v) is 12.5. The van der Waals surface area contributed by atoms with Crippen molar-refractivity contribution in [1.82, 2.24) is 0 Å². The molecule has 3 atom stereocenters. The van der Waals surface area contributed by atoms with Crippen LogP contribution in [0.15, 0.2) is 17.0 Å². The normalized spacial score (nSPS) is 27.2. The molecule has 3 rings (SSSR count). The summed E-state index contributed by atoms with van der Waals surface area (Å²) in [5, 5.41) is 9.95. The van der Waals surface area contributed by atoms with E-state index >= 15 is 0 Å². The van der Waals surface area contributed by atoms with Crippen LogP contribution >= 0.6 is 0 Å². The Hall–Kier alpha value is -1.01. The quantitative estimate of drug-likeness (QED) is 0.933. The van der Waals surface area contributed by atoms with Gasteiger partial charge in [-0.2, -0.15) is 0 Å². The number of aliphatic hydroxyl groups excluding tert-OH is 1. The highest BCUT2D eigenvalue weighted by Gasteiger charge is 2.40. The first kappa shape index (κ1) is 14.9. The molecule has 2 aliphatic rings. The molecule has 0 saturated heterocycles. The molecule has 0 spiro atoms. The molecule has 0 unspecified atom stereocenters. The molecule has 1 aromatic carbocycles. The fraction of sp³-hybridized carbons (Fsp3) is 0.600. The van der Waals surface area contributed by atoms with Gasteiger partial charge in [0.25, 0.3) is 0 Å². The van der Waals surface area contributed by atoms with Crippen LogP contribution in [0, 0.1) is 5.92 Å². The third kappa shape index (κ3) is 2.38. The van der Waals surface area contributed by atoms with Crippen molar-refractivity contribution < 1.29 is 22.3 Å². The molecule has 116 valence electrons. The molecule has 2 aliphatic carbocycles. The Kier molecular flexibility index (Phi) is 3.56. The first-order valence-electron chi connectivity index (χ1n) is 7.12. The Morgan fingerprint density at radius 1 is 1.33 bits per heavy atom. The molecule has 0 aliphatic heterocycles. The van der Waals surface area contributed by atoms with E-state index in [4.69, 9.17) is 0 Å². The van der Waals surface area contributed by atoms with Crippen LogP contribution in [0.25, 0.3) is 0 Å². The van der Waals surface area contributed by atoms with Crippen molar-refractivity contribution in [2.75, 3.05) is 6.26 Å². The minimum absolute atomic E-state index is 0.0597. The molecular formula is C15H18F2O3S. The number of benzene rings is 1. The van der Waals surface area contributed by atoms with Gasteiger partial charge in [-0.15, -0.1) is 0 Å². The summed E-state index contributed by atoms with van der Waals surface area (Å²) in [5.74, 6) is -0.0750. The average Bonchev–Trinajstić information content (AvgIpc) is 2.61. The smallest absolute Gasteiger partial charge is 0.175 e. The predicted molar refractivity (Wildman–Crippen MR) is 74.3 cm³/mol. The molecular weight excluding hydrogens is 298 g/mol. The van der Waals surface area contributed by atoms with E-state index in [1.165, 1.54) is 12.1 Å². The number of halogens is 2. The summed E-state index contributed by atoms with van der Waals surface area (Å²) in [6.07, 6.45) is -0.797. The second kappa shape index (κ2) is 5.02. The van der Waals surface area contributed by atoms with Gasteiger partial charge in [0, 0.05) is 18.2 Å². The van der Waals surface area contributed by atoms with Crippen LogP contribution in [-0.4, -0.2) is 26.0 Å². The Morgan fingerprint density at radius 2 is 2.00 bits per heavy atom. The summed E-state index contributed by atoms with van der Waals surface area (Å²) in [6, 6.07) is 2.75. The van der Waals surface area contributed by atoms with Crippen LogP contribution in [0.4, 0.5) is 8.78 Å². The van der Waals surface area contributed by atoms with Gasteiger partial charge in [-0.25, -0.2) is 17.2 Å². The summed E-state index contributed by atoms with van der Waals surface area (Å²) in [4.78, 5) is -0.0882. The van der Waals surface area contributed by atoms with E-state index in [1.807, 2.05) is 0 Å². The maximum absolute atomic E-state index is 14.6. The van der Waals surface area contributed by atoms with Crippen LogP contribution in [0.5, 0.6) is 0 Å². The molecule has 1 N–H and O–H groups in total. The maximum atomic E-state index is 14.6. The largest absolute Gasteiger partial charge is 0.385 e. The van der Waals surface area contributed by atoms with Crippen LogP contribution in [-0.2, 0) is 16.3 Å². The number of aliphatic hydroxyl groups is 1. The number of fused-ring (bicyclic) bond motifs is 1. The molecule has 1 fully saturated rings. The fourth-order valence-electron chi connectivity index (χ4n) is 3.27. The van der Waals surface area contributed by atoms with Crippen molar-refractivity contribution in [2.24, 2.45) is 5.92 Å². The van der Waals surface area contributed by atoms with Gasteiger partial charge in [-0.3, -0.25) is 0 Å². The minimum Gasteiger partial charge on any atom is -0.385 e. The molecule has 21 heavy (non-hydrogen) atoms. The topological polar surface area (TPSA) is 54.4 Å². The van der Waals surface area contributed by atoms with E-state index in [0.717, 1.165) is 25.5 Å². The Morgan fingerprint density at radius 3 is 2.52 bits per heavy atom. The van der Waals surface area contributed by atoms with Crippen molar-refractivity contribution in [3.63, 3.8) is 0 Å². The zero-order valence-electron chi connectivity index (χ0n) is 11.7. The first-order valence-corrected chi connectivity index (χ1v) is 9.01. The van der Waals surface area contributed by atoms with Gasteiger partial charge >= 0.3 is 0 Å². The predicted octanol–water partition coefficient (Wildman–Crippen LogP) is 2.83. The number of hydrogen-bond donors (Lipinski definition) is 1. The van der Waals surface area contributed by atoms with Crippen LogP contribution in [0.2, 0.25) is 0 Å². The van der Waals surface area contributed by atoms with E-state index in [0.29, 0.717) is 11.1 Å². The second-order valence-corrected chi connectivity index (χ2v) is 8.06. The molecule has 6 heteroatoms. The standard InChI is InChI=1S/C15H18F2O3S/c1-21(19,20)12-6-5-9(14(17)8-3-2-4-8)10-7-11(16)15(18)13(10)12/h5-6,8,11,14-15,18H,2-4,7H2,1H3/t11-,14-,15-/m1/s1. The number of hydrogen-bond acceptors (Lipinski definition) is 3. The summed E-state index contributed by atoms with van der Waals surface area (Å²) >= 11 is 0. The summed E-state index contributed by atoms with van der Waals surface area (Å²) < 4.78 is 52.0. The highest BCUT2D eigenvalue weighted by atomic mass is 32.2. The van der Waals surface area contributed by atoms with E-state index in [-0.39, 0.29) is 22.8 Å². The number of sulfone groups is 1. The molecule has 0 amide bonds. The lowest BCUT2D eigenvalue weighted by Crippen LogP contribution is -2.19. The number of rotatable bonds is 3. The SMILES string of the molecule is CS(=O)(=O)c1ccc([C@H](F)C2CCC2)c2c1[C@H](O)[C@H](F)C2. The van der Waals surface area contributed by atoms with Gasteiger partial charge in [0.1, 0.15) is 18.4 Å². The van der Waals surface area contributed by atoms with Gasteiger partial charge in [0.15, 0.2) is 9.84 Å². The Labute approximate surface area is 122 Å². The summed E-state index contributed by atoms with van der Waals surface area (Å²) in [7, 11) is -3.59. The van der Waals surface area contributed by atoms with Crippen LogP contribution in [0.1, 0.15) is 48.2 Å². The van der Waals surface area contributed by atoms with Gasteiger partial charge in [-0.1, -0.05) is 12.5 Å². The highest BCUT2D eigenvalue weighted by Crippen LogP contribution is 2.46. The Bertz CT molecular complexity index is 668. The summed E-state index contributed by atoms with van der Waals surface area (Å²) in [6.45, 7) is 0. The molecule has 0 radical (unpaired) electrons. The molecule has 0 aromatic heterocycles. The zero-order chi connectivity index (χ0) is 15.4. The molecule has 0 heterocycles. The van der Waals surface area contributed by atoms with Crippen LogP contribution in [0.3, 0.4) is 0 Å². The lowest BCUT2D eigenvalue weighted by atomic mass is 9.78.